The first-order valence-corrected chi connectivity index (χ1v) is 13.3. The Labute approximate surface area is 197 Å². The summed E-state index contributed by atoms with van der Waals surface area (Å²) in [5.41, 5.74) is 0.0523. The molecule has 0 aromatic rings. The third kappa shape index (κ3) is 5.47. The number of piperazine rings is 1. The predicted octanol–water partition coefficient (Wildman–Crippen LogP) is 1.71. The van der Waals surface area contributed by atoms with Gasteiger partial charge in [-0.05, 0) is 75.0 Å². The van der Waals surface area contributed by atoms with Crippen molar-refractivity contribution in [3.63, 3.8) is 0 Å². The van der Waals surface area contributed by atoms with E-state index >= 15 is 0 Å². The fourth-order valence-corrected chi connectivity index (χ4v) is 7.62. The normalized spacial score (nSPS) is 33.8. The van der Waals surface area contributed by atoms with Gasteiger partial charge in [0.25, 0.3) is 0 Å². The Kier molecular flexibility index (Phi) is 6.81. The standard InChI is InChI=1S/C25H41N5O3/c31-22(1-2-23(32)30-9-5-26-6-10-30)29-7-3-18(4-8-29)17-27-24(33)28-25-14-19-11-20(15-25)13-21(12-19)16-25/h18-21,26H,1-17H2,(H2,27,28,33). The van der Waals surface area contributed by atoms with Gasteiger partial charge in [0.05, 0.1) is 0 Å². The molecule has 4 amide bonds. The second-order valence-corrected chi connectivity index (χ2v) is 11.5. The summed E-state index contributed by atoms with van der Waals surface area (Å²) >= 11 is 0. The molecular formula is C25H41N5O3. The van der Waals surface area contributed by atoms with Crippen LogP contribution in [0.15, 0.2) is 0 Å². The van der Waals surface area contributed by atoms with Crippen LogP contribution < -0.4 is 16.0 Å². The molecule has 0 spiro atoms. The molecule has 2 aliphatic heterocycles. The lowest BCUT2D eigenvalue weighted by Gasteiger charge is -2.56. The number of nitrogens with one attached hydrogen (secondary N) is 3. The number of likely N-dealkylation sites (tertiary alicyclic amines) is 1. The zero-order chi connectivity index (χ0) is 22.8. The smallest absolute Gasteiger partial charge is 0.315 e. The summed E-state index contributed by atoms with van der Waals surface area (Å²) in [5, 5.41) is 9.77. The van der Waals surface area contributed by atoms with Gasteiger partial charge in [-0.1, -0.05) is 0 Å². The fraction of sp³-hybridized carbons (Fsp3) is 0.880. The molecule has 0 aromatic carbocycles. The average Bonchev–Trinajstić information content (AvgIpc) is 2.80. The third-order valence-corrected chi connectivity index (χ3v) is 8.96. The Bertz CT molecular complexity index is 707. The second-order valence-electron chi connectivity index (χ2n) is 11.5. The summed E-state index contributed by atoms with van der Waals surface area (Å²) in [5.74, 6) is 3.07. The van der Waals surface area contributed by atoms with E-state index in [0.717, 1.165) is 69.9 Å². The minimum atomic E-state index is 0.00174. The van der Waals surface area contributed by atoms with Gasteiger partial charge in [-0.2, -0.15) is 0 Å². The maximum Gasteiger partial charge on any atom is 0.315 e. The highest BCUT2D eigenvalue weighted by Gasteiger charge is 2.51. The molecule has 0 radical (unpaired) electrons. The van der Waals surface area contributed by atoms with E-state index in [-0.39, 0.29) is 23.4 Å². The van der Waals surface area contributed by atoms with E-state index in [1.165, 1.54) is 38.5 Å². The van der Waals surface area contributed by atoms with E-state index in [0.29, 0.717) is 25.3 Å². The van der Waals surface area contributed by atoms with Crippen molar-refractivity contribution in [1.82, 2.24) is 25.8 Å². The maximum atomic E-state index is 12.7. The van der Waals surface area contributed by atoms with Crippen LogP contribution in [-0.2, 0) is 9.59 Å². The number of amides is 4. The summed E-state index contributed by atoms with van der Waals surface area (Å²) < 4.78 is 0. The molecule has 8 nitrogen and oxygen atoms in total. The van der Waals surface area contributed by atoms with Crippen molar-refractivity contribution < 1.29 is 14.4 Å². The van der Waals surface area contributed by atoms with Gasteiger partial charge in [0.1, 0.15) is 0 Å². The minimum absolute atomic E-state index is 0.00174. The molecule has 4 bridgehead atoms. The van der Waals surface area contributed by atoms with Crippen molar-refractivity contribution >= 4 is 17.8 Å². The molecule has 8 heteroatoms. The van der Waals surface area contributed by atoms with Crippen LogP contribution in [0.2, 0.25) is 0 Å². The number of rotatable bonds is 6. The number of carbonyl (C=O) groups is 3. The van der Waals surface area contributed by atoms with Crippen molar-refractivity contribution in [2.24, 2.45) is 23.7 Å². The largest absolute Gasteiger partial charge is 0.343 e. The van der Waals surface area contributed by atoms with Crippen LogP contribution in [0.3, 0.4) is 0 Å². The zero-order valence-electron chi connectivity index (χ0n) is 19.9. The van der Waals surface area contributed by atoms with Crippen molar-refractivity contribution in [2.45, 2.75) is 69.7 Å². The van der Waals surface area contributed by atoms with E-state index < -0.39 is 0 Å². The van der Waals surface area contributed by atoms with Gasteiger partial charge < -0.3 is 25.8 Å². The van der Waals surface area contributed by atoms with Gasteiger partial charge in [-0.3, -0.25) is 9.59 Å². The molecule has 3 N–H and O–H groups in total. The lowest BCUT2D eigenvalue weighted by atomic mass is 9.53. The zero-order valence-corrected chi connectivity index (χ0v) is 19.9. The van der Waals surface area contributed by atoms with Crippen LogP contribution in [0.4, 0.5) is 4.79 Å². The third-order valence-electron chi connectivity index (χ3n) is 8.96. The molecule has 2 saturated heterocycles. The van der Waals surface area contributed by atoms with E-state index in [1.807, 2.05) is 9.80 Å². The maximum absolute atomic E-state index is 12.7. The summed E-state index contributed by atoms with van der Waals surface area (Å²) in [6.45, 7) is 5.28. The topological polar surface area (TPSA) is 93.8 Å². The molecule has 184 valence electrons. The van der Waals surface area contributed by atoms with Crippen LogP contribution in [0.25, 0.3) is 0 Å². The number of urea groups is 1. The van der Waals surface area contributed by atoms with Gasteiger partial charge in [-0.15, -0.1) is 0 Å². The Morgan fingerprint density at radius 1 is 0.788 bits per heavy atom. The fourth-order valence-electron chi connectivity index (χ4n) is 7.62. The monoisotopic (exact) mass is 459 g/mol. The van der Waals surface area contributed by atoms with Crippen LogP contribution in [0.1, 0.15) is 64.2 Å². The van der Waals surface area contributed by atoms with Crippen molar-refractivity contribution in [3.05, 3.63) is 0 Å². The van der Waals surface area contributed by atoms with Crippen molar-refractivity contribution in [2.75, 3.05) is 45.8 Å². The van der Waals surface area contributed by atoms with Crippen LogP contribution >= 0.6 is 0 Å². The van der Waals surface area contributed by atoms with Crippen LogP contribution in [0, 0.1) is 23.7 Å². The summed E-state index contributed by atoms with van der Waals surface area (Å²) in [6.07, 6.45) is 10.1. The lowest BCUT2D eigenvalue weighted by molar-refractivity contribution is -0.138. The van der Waals surface area contributed by atoms with Gasteiger partial charge in [0.2, 0.25) is 11.8 Å². The first-order chi connectivity index (χ1) is 16.0. The summed E-state index contributed by atoms with van der Waals surface area (Å²) in [7, 11) is 0. The Morgan fingerprint density at radius 3 is 1.85 bits per heavy atom. The second kappa shape index (κ2) is 9.80. The van der Waals surface area contributed by atoms with Gasteiger partial charge in [0.15, 0.2) is 0 Å². The molecule has 4 aliphatic carbocycles. The minimum Gasteiger partial charge on any atom is -0.343 e. The highest BCUT2D eigenvalue weighted by molar-refractivity contribution is 5.84. The van der Waals surface area contributed by atoms with E-state index in [4.69, 9.17) is 0 Å². The van der Waals surface area contributed by atoms with E-state index in [2.05, 4.69) is 16.0 Å². The number of piperidine rings is 1. The molecule has 0 atom stereocenters. The van der Waals surface area contributed by atoms with E-state index in [9.17, 15) is 14.4 Å². The van der Waals surface area contributed by atoms with Crippen LogP contribution in [0.5, 0.6) is 0 Å². The molecule has 4 saturated carbocycles. The molecule has 0 unspecified atom stereocenters. The number of carbonyl (C=O) groups excluding carboxylic acids is 3. The van der Waals surface area contributed by atoms with Crippen LogP contribution in [-0.4, -0.2) is 79.0 Å². The summed E-state index contributed by atoms with van der Waals surface area (Å²) in [4.78, 5) is 41.3. The number of nitrogens with zero attached hydrogens (tertiary/aromatic N) is 2. The highest BCUT2D eigenvalue weighted by Crippen LogP contribution is 2.55. The Morgan fingerprint density at radius 2 is 1.30 bits per heavy atom. The average molecular weight is 460 g/mol. The number of hydrogen-bond donors (Lipinski definition) is 3. The predicted molar refractivity (Wildman–Crippen MR) is 125 cm³/mol. The SMILES string of the molecule is O=C(NCC1CCN(C(=O)CCC(=O)N2CCNCC2)CC1)NC12CC3CC(CC(C3)C1)C2. The van der Waals surface area contributed by atoms with Crippen molar-refractivity contribution in [1.29, 1.82) is 0 Å². The Hall–Kier alpha value is -1.83. The van der Waals surface area contributed by atoms with Crippen molar-refractivity contribution in [3.8, 4) is 0 Å². The molecule has 6 rings (SSSR count). The Balaban J connectivity index is 0.988. The molecule has 6 fully saturated rings. The first kappa shape index (κ1) is 22.9. The number of hydrogen-bond acceptors (Lipinski definition) is 4. The highest BCUT2D eigenvalue weighted by atomic mass is 16.2. The molecule has 33 heavy (non-hydrogen) atoms. The van der Waals surface area contributed by atoms with Gasteiger partial charge in [0, 0.05) is 64.2 Å². The molecule has 6 aliphatic rings. The summed E-state index contributed by atoms with van der Waals surface area (Å²) in [6, 6.07) is 0.00174. The van der Waals surface area contributed by atoms with Gasteiger partial charge >= 0.3 is 6.03 Å². The molecular weight excluding hydrogens is 418 g/mol. The molecule has 2 heterocycles. The molecule has 0 aromatic heterocycles. The quantitative estimate of drug-likeness (QED) is 0.564. The van der Waals surface area contributed by atoms with E-state index in [1.54, 1.807) is 0 Å². The van der Waals surface area contributed by atoms with Gasteiger partial charge in [-0.25, -0.2) is 4.79 Å². The first-order valence-electron chi connectivity index (χ1n) is 13.3. The lowest BCUT2D eigenvalue weighted by Crippen LogP contribution is -2.61.